The maximum absolute atomic E-state index is 12.2. The Balaban J connectivity index is 1.22. The van der Waals surface area contributed by atoms with E-state index < -0.39 is 0 Å². The molecule has 148 valence electrons. The second-order valence-electron chi connectivity index (χ2n) is 8.40. The van der Waals surface area contributed by atoms with E-state index in [9.17, 15) is 4.79 Å². The minimum atomic E-state index is -0.110. The van der Waals surface area contributed by atoms with Gasteiger partial charge in [0.25, 0.3) is 11.6 Å². The third kappa shape index (κ3) is 3.43. The number of ether oxygens (including phenoxy) is 2. The summed E-state index contributed by atoms with van der Waals surface area (Å²) >= 11 is 0. The fourth-order valence-electron chi connectivity index (χ4n) is 4.96. The second kappa shape index (κ2) is 7.61. The molecule has 3 aliphatic rings. The van der Waals surface area contributed by atoms with E-state index in [1.807, 2.05) is 0 Å². The van der Waals surface area contributed by atoms with Crippen LogP contribution in [0.3, 0.4) is 0 Å². The number of nitrogens with zero attached hydrogens (tertiary/aromatic N) is 2. The quantitative estimate of drug-likeness (QED) is 0.804. The number of fused-ring (bicyclic) bond motifs is 3. The van der Waals surface area contributed by atoms with Gasteiger partial charge in [-0.05, 0) is 62.1 Å². The van der Waals surface area contributed by atoms with Crippen molar-refractivity contribution >= 4 is 0 Å². The molecule has 2 heterocycles. The van der Waals surface area contributed by atoms with E-state index >= 15 is 0 Å². The number of rotatable bonds is 4. The molecule has 1 fully saturated rings. The van der Waals surface area contributed by atoms with Crippen LogP contribution in [0.1, 0.15) is 67.7 Å². The van der Waals surface area contributed by atoms with Crippen molar-refractivity contribution in [3.8, 4) is 11.8 Å². The summed E-state index contributed by atoms with van der Waals surface area (Å²) in [4.78, 5) is 16.4. The molecule has 0 N–H and O–H groups in total. The van der Waals surface area contributed by atoms with E-state index in [1.54, 1.807) is 0 Å². The predicted octanol–water partition coefficient (Wildman–Crippen LogP) is 4.01. The first-order valence-corrected chi connectivity index (χ1v) is 10.8. The van der Waals surface area contributed by atoms with Crippen LogP contribution in [-0.4, -0.2) is 22.3 Å². The van der Waals surface area contributed by atoms with Gasteiger partial charge in [0.15, 0.2) is 6.10 Å². The van der Waals surface area contributed by atoms with Gasteiger partial charge in [0.1, 0.15) is 12.4 Å². The zero-order valence-corrected chi connectivity index (χ0v) is 16.4. The molecule has 1 saturated carbocycles. The van der Waals surface area contributed by atoms with Crippen LogP contribution in [0.5, 0.6) is 11.8 Å². The van der Waals surface area contributed by atoms with Crippen LogP contribution in [0.15, 0.2) is 29.1 Å². The Morgan fingerprint density at radius 3 is 2.64 bits per heavy atom. The smallest absolute Gasteiger partial charge is 0.300 e. The lowest BCUT2D eigenvalue weighted by Gasteiger charge is -2.22. The molecule has 5 rings (SSSR count). The van der Waals surface area contributed by atoms with E-state index in [1.165, 1.54) is 37.7 Å². The molecule has 1 aromatic carbocycles. The highest BCUT2D eigenvalue weighted by molar-refractivity contribution is 5.30. The Labute approximate surface area is 165 Å². The highest BCUT2D eigenvalue weighted by Gasteiger charge is 2.29. The number of hydrogen-bond acceptors (Lipinski definition) is 4. The van der Waals surface area contributed by atoms with Crippen LogP contribution in [0.2, 0.25) is 0 Å². The van der Waals surface area contributed by atoms with Crippen molar-refractivity contribution in [2.24, 2.45) is 0 Å². The van der Waals surface area contributed by atoms with Gasteiger partial charge in [0, 0.05) is 11.3 Å². The molecular formula is C23H28N2O3. The maximum Gasteiger partial charge on any atom is 0.300 e. The SMILES string of the molecule is O=c1nc2n(c3c1CCCC3)CC(COc1ccc(C3CCCCC3)cc1)O2. The lowest BCUT2D eigenvalue weighted by atomic mass is 9.84. The molecule has 28 heavy (non-hydrogen) atoms. The molecule has 5 nitrogen and oxygen atoms in total. The standard InChI is InChI=1S/C23H28N2O3/c26-22-20-8-4-5-9-21(20)25-14-19(28-23(25)24-22)15-27-18-12-10-17(11-13-18)16-6-2-1-3-7-16/h10-13,16,19H,1-9,14-15H2. The molecule has 1 atom stereocenters. The van der Waals surface area contributed by atoms with Crippen LogP contribution in [0, 0.1) is 0 Å². The summed E-state index contributed by atoms with van der Waals surface area (Å²) in [6, 6.07) is 9.05. The first-order chi connectivity index (χ1) is 13.8. The van der Waals surface area contributed by atoms with Crippen LogP contribution < -0.4 is 15.0 Å². The maximum atomic E-state index is 12.2. The van der Waals surface area contributed by atoms with Gasteiger partial charge in [-0.25, -0.2) is 0 Å². The molecule has 0 amide bonds. The van der Waals surface area contributed by atoms with Crippen molar-refractivity contribution in [3.05, 3.63) is 51.4 Å². The van der Waals surface area contributed by atoms with Gasteiger partial charge in [-0.3, -0.25) is 9.36 Å². The van der Waals surface area contributed by atoms with Gasteiger partial charge < -0.3 is 9.47 Å². The summed E-state index contributed by atoms with van der Waals surface area (Å²) in [5, 5.41) is 0. The van der Waals surface area contributed by atoms with E-state index in [2.05, 4.69) is 33.8 Å². The van der Waals surface area contributed by atoms with Gasteiger partial charge in [-0.2, -0.15) is 4.98 Å². The third-order valence-corrected chi connectivity index (χ3v) is 6.50. The molecule has 2 aliphatic carbocycles. The Hall–Kier alpha value is -2.30. The minimum absolute atomic E-state index is 0.0988. The summed E-state index contributed by atoms with van der Waals surface area (Å²) < 4.78 is 14.0. The second-order valence-corrected chi connectivity index (χ2v) is 8.40. The molecule has 0 saturated heterocycles. The Morgan fingerprint density at radius 1 is 1.04 bits per heavy atom. The van der Waals surface area contributed by atoms with Gasteiger partial charge >= 0.3 is 0 Å². The highest BCUT2D eigenvalue weighted by Crippen LogP contribution is 2.33. The summed E-state index contributed by atoms with van der Waals surface area (Å²) in [6.07, 6.45) is 10.6. The molecule has 2 aromatic rings. The van der Waals surface area contributed by atoms with Crippen molar-refractivity contribution in [1.82, 2.24) is 9.55 Å². The number of aromatic nitrogens is 2. The zero-order valence-electron chi connectivity index (χ0n) is 16.4. The van der Waals surface area contributed by atoms with Gasteiger partial charge in [-0.1, -0.05) is 31.4 Å². The average Bonchev–Trinajstić information content (AvgIpc) is 3.16. The lowest BCUT2D eigenvalue weighted by Crippen LogP contribution is -2.25. The van der Waals surface area contributed by atoms with Gasteiger partial charge in [0.05, 0.1) is 6.54 Å². The minimum Gasteiger partial charge on any atom is -0.490 e. The van der Waals surface area contributed by atoms with E-state index in [-0.39, 0.29) is 11.7 Å². The average molecular weight is 380 g/mol. The van der Waals surface area contributed by atoms with Gasteiger partial charge in [-0.15, -0.1) is 0 Å². The lowest BCUT2D eigenvalue weighted by molar-refractivity contribution is 0.143. The van der Waals surface area contributed by atoms with Gasteiger partial charge in [0.2, 0.25) is 0 Å². The zero-order chi connectivity index (χ0) is 18.9. The predicted molar refractivity (Wildman–Crippen MR) is 107 cm³/mol. The highest BCUT2D eigenvalue weighted by atomic mass is 16.6. The fraction of sp³-hybridized carbons (Fsp3) is 0.565. The molecule has 1 aliphatic heterocycles. The van der Waals surface area contributed by atoms with E-state index in [0.29, 0.717) is 25.1 Å². The topological polar surface area (TPSA) is 53.4 Å². The molecule has 1 aromatic heterocycles. The van der Waals surface area contributed by atoms with Crippen LogP contribution in [-0.2, 0) is 19.4 Å². The Morgan fingerprint density at radius 2 is 1.82 bits per heavy atom. The van der Waals surface area contributed by atoms with Crippen molar-refractivity contribution in [1.29, 1.82) is 0 Å². The largest absolute Gasteiger partial charge is 0.490 e. The first kappa shape index (κ1) is 17.8. The summed E-state index contributed by atoms with van der Waals surface area (Å²) in [5.74, 6) is 1.59. The summed E-state index contributed by atoms with van der Waals surface area (Å²) in [5.41, 5.74) is 3.34. The monoisotopic (exact) mass is 380 g/mol. The molecule has 0 bridgehead atoms. The fourth-order valence-corrected chi connectivity index (χ4v) is 4.96. The number of hydrogen-bond donors (Lipinski definition) is 0. The van der Waals surface area contributed by atoms with Crippen molar-refractivity contribution < 1.29 is 9.47 Å². The Kier molecular flexibility index (Phi) is 4.83. The summed E-state index contributed by atoms with van der Waals surface area (Å²) in [7, 11) is 0. The molecular weight excluding hydrogens is 352 g/mol. The normalized spacial score (nSPS) is 21.6. The molecule has 0 radical (unpaired) electrons. The molecule has 5 heteroatoms. The van der Waals surface area contributed by atoms with Crippen molar-refractivity contribution in [3.63, 3.8) is 0 Å². The summed E-state index contributed by atoms with van der Waals surface area (Å²) in [6.45, 7) is 1.18. The number of benzene rings is 1. The van der Waals surface area contributed by atoms with E-state index in [0.717, 1.165) is 42.7 Å². The molecule has 1 unspecified atom stereocenters. The van der Waals surface area contributed by atoms with E-state index in [4.69, 9.17) is 9.47 Å². The first-order valence-electron chi connectivity index (χ1n) is 10.8. The third-order valence-electron chi connectivity index (χ3n) is 6.50. The van der Waals surface area contributed by atoms with Crippen LogP contribution >= 0.6 is 0 Å². The Bertz CT molecular complexity index is 897. The van der Waals surface area contributed by atoms with Crippen molar-refractivity contribution in [2.75, 3.05) is 6.61 Å². The van der Waals surface area contributed by atoms with Crippen LogP contribution in [0.4, 0.5) is 0 Å². The van der Waals surface area contributed by atoms with Crippen molar-refractivity contribution in [2.45, 2.75) is 76.4 Å². The molecule has 0 spiro atoms. The van der Waals surface area contributed by atoms with Crippen LogP contribution in [0.25, 0.3) is 0 Å².